The zero-order chi connectivity index (χ0) is 15.1. The van der Waals surface area contributed by atoms with Crippen molar-refractivity contribution in [2.24, 2.45) is 5.73 Å². The summed E-state index contributed by atoms with van der Waals surface area (Å²) in [6.07, 6.45) is 2.30. The number of carbonyl (C=O) groups is 3. The molecule has 110 valence electrons. The standard InChI is InChI=1S/C15H16N2O3S/c1-8-3-2-4-10(11(18)5-8)17-14(19)9-7-21-12(6-16)13(9)15(17)20/h7,10H,1-6,16H2/t10-/m0/s1. The summed E-state index contributed by atoms with van der Waals surface area (Å²) < 4.78 is 0. The Morgan fingerprint density at radius 3 is 2.81 bits per heavy atom. The van der Waals surface area contributed by atoms with Gasteiger partial charge in [0.1, 0.15) is 0 Å². The van der Waals surface area contributed by atoms with Crippen LogP contribution in [-0.4, -0.2) is 28.5 Å². The molecule has 5 nitrogen and oxygen atoms in total. The summed E-state index contributed by atoms with van der Waals surface area (Å²) in [4.78, 5) is 39.2. The number of hydrogen-bond donors (Lipinski definition) is 1. The molecule has 0 unspecified atom stereocenters. The molecule has 2 heterocycles. The van der Waals surface area contributed by atoms with Crippen LogP contribution in [0, 0.1) is 0 Å². The van der Waals surface area contributed by atoms with Crippen LogP contribution in [0.3, 0.4) is 0 Å². The van der Waals surface area contributed by atoms with Gasteiger partial charge < -0.3 is 5.73 Å². The van der Waals surface area contributed by atoms with E-state index in [1.54, 1.807) is 5.38 Å². The van der Waals surface area contributed by atoms with Crippen molar-refractivity contribution in [1.82, 2.24) is 4.90 Å². The van der Waals surface area contributed by atoms with Gasteiger partial charge in [-0.15, -0.1) is 11.3 Å². The van der Waals surface area contributed by atoms with E-state index in [2.05, 4.69) is 6.58 Å². The molecular formula is C15H16N2O3S. The third-order valence-electron chi connectivity index (χ3n) is 4.05. The molecule has 3 rings (SSSR count). The normalized spacial score (nSPS) is 22.7. The fourth-order valence-corrected chi connectivity index (χ4v) is 3.89. The molecule has 0 radical (unpaired) electrons. The summed E-state index contributed by atoms with van der Waals surface area (Å²) in [7, 11) is 0. The van der Waals surface area contributed by atoms with Gasteiger partial charge in [-0.2, -0.15) is 0 Å². The lowest BCUT2D eigenvalue weighted by molar-refractivity contribution is -0.122. The van der Waals surface area contributed by atoms with Crippen molar-refractivity contribution in [2.45, 2.75) is 38.3 Å². The van der Waals surface area contributed by atoms with Crippen molar-refractivity contribution in [2.75, 3.05) is 0 Å². The van der Waals surface area contributed by atoms with Gasteiger partial charge in [-0.1, -0.05) is 12.2 Å². The number of fused-ring (bicyclic) bond motifs is 1. The van der Waals surface area contributed by atoms with E-state index in [0.29, 0.717) is 22.4 Å². The average Bonchev–Trinajstić information content (AvgIpc) is 2.92. The second kappa shape index (κ2) is 5.20. The zero-order valence-electron chi connectivity index (χ0n) is 11.6. The van der Waals surface area contributed by atoms with Crippen molar-refractivity contribution in [3.63, 3.8) is 0 Å². The van der Waals surface area contributed by atoms with E-state index in [9.17, 15) is 14.4 Å². The molecular weight excluding hydrogens is 288 g/mol. The van der Waals surface area contributed by atoms with Crippen molar-refractivity contribution in [1.29, 1.82) is 0 Å². The topological polar surface area (TPSA) is 80.5 Å². The summed E-state index contributed by atoms with van der Waals surface area (Å²) in [6.45, 7) is 4.08. The molecule has 1 aromatic rings. The predicted octanol–water partition coefficient (Wildman–Crippen LogP) is 1.87. The van der Waals surface area contributed by atoms with Crippen LogP contribution in [0.2, 0.25) is 0 Å². The van der Waals surface area contributed by atoms with Gasteiger partial charge in [-0.3, -0.25) is 19.3 Å². The molecule has 21 heavy (non-hydrogen) atoms. The molecule has 2 N–H and O–H groups in total. The molecule has 0 bridgehead atoms. The number of nitrogens with zero attached hydrogens (tertiary/aromatic N) is 1. The van der Waals surface area contributed by atoms with E-state index in [1.165, 1.54) is 11.3 Å². The Morgan fingerprint density at radius 2 is 2.10 bits per heavy atom. The van der Waals surface area contributed by atoms with E-state index in [1.807, 2.05) is 0 Å². The molecule has 1 aliphatic carbocycles. The molecule has 2 amide bonds. The van der Waals surface area contributed by atoms with Gasteiger partial charge in [-0.25, -0.2) is 0 Å². The summed E-state index contributed by atoms with van der Waals surface area (Å²) in [6, 6.07) is -0.660. The van der Waals surface area contributed by atoms with Gasteiger partial charge in [0, 0.05) is 23.2 Å². The fourth-order valence-electron chi connectivity index (χ4n) is 3.00. The van der Waals surface area contributed by atoms with Crippen molar-refractivity contribution in [3.05, 3.63) is 33.5 Å². The molecule has 0 saturated heterocycles. The lowest BCUT2D eigenvalue weighted by Crippen LogP contribution is -2.44. The highest BCUT2D eigenvalue weighted by Crippen LogP contribution is 2.34. The minimum atomic E-state index is -0.660. The van der Waals surface area contributed by atoms with Crippen LogP contribution in [0.25, 0.3) is 0 Å². The maximum atomic E-state index is 12.6. The van der Waals surface area contributed by atoms with Crippen molar-refractivity contribution < 1.29 is 14.4 Å². The molecule has 1 fully saturated rings. The summed E-state index contributed by atoms with van der Waals surface area (Å²) in [5.41, 5.74) is 7.27. The SMILES string of the molecule is C=C1CCC[C@H](N2C(=O)c3csc(CN)c3C2=O)C(=O)C1. The highest BCUT2D eigenvalue weighted by Gasteiger charge is 2.44. The number of nitrogens with two attached hydrogens (primary N) is 1. The minimum Gasteiger partial charge on any atom is -0.326 e. The highest BCUT2D eigenvalue weighted by atomic mass is 32.1. The van der Waals surface area contributed by atoms with Crippen molar-refractivity contribution in [3.8, 4) is 0 Å². The number of carbonyl (C=O) groups excluding carboxylic acids is 3. The number of ketones is 1. The Hall–Kier alpha value is -1.79. The first-order chi connectivity index (χ1) is 10.0. The first-order valence-electron chi connectivity index (χ1n) is 6.92. The number of Topliss-reactive ketones (excluding diaryl/α,β-unsaturated/α-hetero) is 1. The Morgan fingerprint density at radius 1 is 1.33 bits per heavy atom. The van der Waals surface area contributed by atoms with Crippen LogP contribution in [0.1, 0.15) is 51.3 Å². The van der Waals surface area contributed by atoms with Crippen LogP contribution in [0.15, 0.2) is 17.5 Å². The largest absolute Gasteiger partial charge is 0.326 e. The summed E-state index contributed by atoms with van der Waals surface area (Å²) in [5, 5.41) is 1.66. The first-order valence-corrected chi connectivity index (χ1v) is 7.80. The molecule has 0 spiro atoms. The summed E-state index contributed by atoms with van der Waals surface area (Å²) >= 11 is 1.32. The van der Waals surface area contributed by atoms with E-state index < -0.39 is 6.04 Å². The lowest BCUT2D eigenvalue weighted by atomic mass is 10.1. The molecule has 1 saturated carbocycles. The van der Waals surface area contributed by atoms with Gasteiger partial charge in [0.05, 0.1) is 17.2 Å². The smallest absolute Gasteiger partial charge is 0.263 e. The van der Waals surface area contributed by atoms with Crippen LogP contribution in [0.4, 0.5) is 0 Å². The quantitative estimate of drug-likeness (QED) is 0.514. The number of thiophene rings is 1. The van der Waals surface area contributed by atoms with Gasteiger partial charge in [0.25, 0.3) is 11.8 Å². The number of allylic oxidation sites excluding steroid dienone is 1. The molecule has 1 aliphatic heterocycles. The second-order valence-electron chi connectivity index (χ2n) is 5.43. The fraction of sp³-hybridized carbons (Fsp3) is 0.400. The highest BCUT2D eigenvalue weighted by molar-refractivity contribution is 7.10. The summed E-state index contributed by atoms with van der Waals surface area (Å²) in [5.74, 6) is -0.832. The van der Waals surface area contributed by atoms with Gasteiger partial charge in [0.2, 0.25) is 0 Å². The van der Waals surface area contributed by atoms with Crippen molar-refractivity contribution >= 4 is 28.9 Å². The monoisotopic (exact) mass is 304 g/mol. The molecule has 2 aliphatic rings. The maximum Gasteiger partial charge on any atom is 0.263 e. The number of amides is 2. The lowest BCUT2D eigenvalue weighted by Gasteiger charge is -2.23. The molecule has 6 heteroatoms. The number of imide groups is 1. The van der Waals surface area contributed by atoms with Crippen LogP contribution in [-0.2, 0) is 11.3 Å². The maximum absolute atomic E-state index is 12.6. The number of hydrogen-bond acceptors (Lipinski definition) is 5. The third kappa shape index (κ3) is 2.15. The Kier molecular flexibility index (Phi) is 3.51. The third-order valence-corrected chi connectivity index (χ3v) is 5.06. The predicted molar refractivity (Wildman–Crippen MR) is 79.1 cm³/mol. The molecule has 0 aromatic carbocycles. The van der Waals surface area contributed by atoms with E-state index in [-0.39, 0.29) is 30.6 Å². The zero-order valence-corrected chi connectivity index (χ0v) is 12.4. The first kappa shape index (κ1) is 14.2. The van der Waals surface area contributed by atoms with E-state index in [4.69, 9.17) is 5.73 Å². The second-order valence-corrected chi connectivity index (χ2v) is 6.40. The molecule has 1 aromatic heterocycles. The van der Waals surface area contributed by atoms with Crippen LogP contribution < -0.4 is 5.73 Å². The van der Waals surface area contributed by atoms with E-state index >= 15 is 0 Å². The average molecular weight is 304 g/mol. The Balaban J connectivity index is 1.95. The van der Waals surface area contributed by atoms with Gasteiger partial charge >= 0.3 is 0 Å². The Labute approximate surface area is 126 Å². The minimum absolute atomic E-state index is 0.0951. The van der Waals surface area contributed by atoms with Crippen LogP contribution >= 0.6 is 11.3 Å². The number of rotatable bonds is 2. The van der Waals surface area contributed by atoms with E-state index in [0.717, 1.165) is 23.3 Å². The van der Waals surface area contributed by atoms with Crippen LogP contribution in [0.5, 0.6) is 0 Å². The van der Waals surface area contributed by atoms with Gasteiger partial charge in [0.15, 0.2) is 5.78 Å². The molecule has 1 atom stereocenters. The van der Waals surface area contributed by atoms with Gasteiger partial charge in [-0.05, 0) is 19.3 Å². The Bertz CT molecular complexity index is 662.